The molecule has 0 atom stereocenters. The fourth-order valence-corrected chi connectivity index (χ4v) is 5.54. The van der Waals surface area contributed by atoms with Gasteiger partial charge in [0, 0.05) is 35.8 Å². The van der Waals surface area contributed by atoms with Crippen molar-refractivity contribution in [2.75, 3.05) is 12.4 Å². The van der Waals surface area contributed by atoms with Gasteiger partial charge in [-0.25, -0.2) is 9.97 Å². The molecule has 1 N–H and O–H groups in total. The fraction of sp³-hybridized carbons (Fsp3) is 0.280. The maximum Gasteiger partial charge on any atom is 0.259 e. The Morgan fingerprint density at radius 2 is 1.89 bits per heavy atom. The van der Waals surface area contributed by atoms with E-state index in [0.29, 0.717) is 51.9 Å². The van der Waals surface area contributed by atoms with Gasteiger partial charge in [0.25, 0.3) is 11.8 Å². The summed E-state index contributed by atoms with van der Waals surface area (Å²) in [5.74, 6) is 0.0554. The summed E-state index contributed by atoms with van der Waals surface area (Å²) < 4.78 is 7.16. The monoisotopic (exact) mass is 537 g/mol. The zero-order valence-electron chi connectivity index (χ0n) is 20.9. The first-order valence-corrected chi connectivity index (χ1v) is 12.6. The first kappa shape index (κ1) is 24.8. The van der Waals surface area contributed by atoms with Crippen molar-refractivity contribution in [1.29, 1.82) is 0 Å². The number of fused-ring (bicyclic) bond motifs is 1. The van der Waals surface area contributed by atoms with Crippen molar-refractivity contribution in [3.8, 4) is 16.9 Å². The summed E-state index contributed by atoms with van der Waals surface area (Å²) in [5, 5.41) is 7.98. The summed E-state index contributed by atoms with van der Waals surface area (Å²) in [6.07, 6.45) is 3.04. The van der Waals surface area contributed by atoms with Gasteiger partial charge in [0.05, 0.1) is 53.8 Å². The van der Waals surface area contributed by atoms with Gasteiger partial charge in [0.2, 0.25) is 0 Å². The number of methoxy groups -OCH3 is 1. The van der Waals surface area contributed by atoms with E-state index in [0.717, 1.165) is 22.0 Å². The molecule has 12 heteroatoms. The number of nitrogens with zero attached hydrogens (tertiary/aromatic N) is 6. The number of carbonyl (C=O) groups excluding carboxylic acids is 2. The molecule has 0 saturated heterocycles. The average Bonchev–Trinajstić information content (AvgIpc) is 3.49. The number of aryl methyl sites for hydroxylation is 3. The Kier molecular flexibility index (Phi) is 6.42. The Morgan fingerprint density at radius 1 is 1.11 bits per heavy atom. The standard InChI is InChI=1S/C25H24ClN7O3S/c1-12-6-15(16-7-21(26)28-9-19(16)36-5)17(8-27-12)23(34)30-25-29-18-10-33(11-20(18)37-25)24(35)22-13(2)31-32(4)14(22)3/h6-9H,10-11H2,1-5H3,(H,29,30,34). The van der Waals surface area contributed by atoms with Gasteiger partial charge in [-0.05, 0) is 32.9 Å². The van der Waals surface area contributed by atoms with E-state index in [9.17, 15) is 9.59 Å². The molecule has 0 aliphatic carbocycles. The maximum atomic E-state index is 13.3. The molecule has 5 rings (SSSR count). The van der Waals surface area contributed by atoms with Gasteiger partial charge in [-0.15, -0.1) is 0 Å². The van der Waals surface area contributed by atoms with E-state index in [4.69, 9.17) is 16.3 Å². The summed E-state index contributed by atoms with van der Waals surface area (Å²) in [4.78, 5) is 42.1. The summed E-state index contributed by atoms with van der Waals surface area (Å²) in [5.41, 5.74) is 5.27. The molecule has 0 spiro atoms. The zero-order valence-corrected chi connectivity index (χ0v) is 22.5. The minimum absolute atomic E-state index is 0.0702. The molecule has 0 saturated carbocycles. The third-order valence-electron chi connectivity index (χ3n) is 6.31. The van der Waals surface area contributed by atoms with Crippen LogP contribution in [0.1, 0.15) is 48.4 Å². The number of ether oxygens (including phenoxy) is 1. The second-order valence-corrected chi connectivity index (χ2v) is 10.2. The van der Waals surface area contributed by atoms with Crippen LogP contribution in [0.5, 0.6) is 5.75 Å². The molecule has 0 fully saturated rings. The molecule has 4 aromatic heterocycles. The van der Waals surface area contributed by atoms with E-state index < -0.39 is 0 Å². The molecule has 190 valence electrons. The summed E-state index contributed by atoms with van der Waals surface area (Å²) in [6.45, 7) is 6.36. The number of halogens is 1. The molecule has 0 bridgehead atoms. The number of hydrogen-bond acceptors (Lipinski definition) is 8. The largest absolute Gasteiger partial charge is 0.494 e. The van der Waals surface area contributed by atoms with E-state index in [1.54, 1.807) is 21.7 Å². The Bertz CT molecular complexity index is 1540. The van der Waals surface area contributed by atoms with E-state index in [1.165, 1.54) is 30.8 Å². The Labute approximate surface area is 222 Å². The number of carbonyl (C=O) groups is 2. The molecular weight excluding hydrogens is 514 g/mol. The first-order chi connectivity index (χ1) is 17.7. The van der Waals surface area contributed by atoms with Crippen molar-refractivity contribution < 1.29 is 14.3 Å². The van der Waals surface area contributed by atoms with Gasteiger partial charge in [0.1, 0.15) is 10.9 Å². The van der Waals surface area contributed by atoms with Crippen molar-refractivity contribution in [2.45, 2.75) is 33.9 Å². The predicted octanol–water partition coefficient (Wildman–Crippen LogP) is 4.33. The summed E-state index contributed by atoms with van der Waals surface area (Å²) >= 11 is 7.49. The molecule has 37 heavy (non-hydrogen) atoms. The molecule has 10 nitrogen and oxygen atoms in total. The number of rotatable bonds is 5. The highest BCUT2D eigenvalue weighted by molar-refractivity contribution is 7.16. The first-order valence-electron chi connectivity index (χ1n) is 11.4. The van der Waals surface area contributed by atoms with Gasteiger partial charge in [0.15, 0.2) is 5.13 Å². The number of anilines is 1. The number of hydrogen-bond donors (Lipinski definition) is 1. The lowest BCUT2D eigenvalue weighted by Gasteiger charge is -2.16. The van der Waals surface area contributed by atoms with Crippen LogP contribution in [0.15, 0.2) is 24.5 Å². The zero-order chi connectivity index (χ0) is 26.4. The highest BCUT2D eigenvalue weighted by Crippen LogP contribution is 2.36. The predicted molar refractivity (Wildman–Crippen MR) is 140 cm³/mol. The lowest BCUT2D eigenvalue weighted by Crippen LogP contribution is -2.26. The van der Waals surface area contributed by atoms with Gasteiger partial charge in [-0.2, -0.15) is 5.10 Å². The van der Waals surface area contributed by atoms with Gasteiger partial charge in [-0.1, -0.05) is 22.9 Å². The highest BCUT2D eigenvalue weighted by atomic mass is 35.5. The summed E-state index contributed by atoms with van der Waals surface area (Å²) in [7, 11) is 3.36. The minimum Gasteiger partial charge on any atom is -0.494 e. The van der Waals surface area contributed by atoms with Crippen LogP contribution in [0, 0.1) is 20.8 Å². The summed E-state index contributed by atoms with van der Waals surface area (Å²) in [6, 6.07) is 3.46. The smallest absolute Gasteiger partial charge is 0.259 e. The fourth-order valence-electron chi connectivity index (χ4n) is 4.40. The van der Waals surface area contributed by atoms with Crippen LogP contribution in [0.4, 0.5) is 5.13 Å². The minimum atomic E-state index is -0.362. The molecule has 0 radical (unpaired) electrons. The number of pyridine rings is 2. The number of nitrogens with one attached hydrogen (secondary N) is 1. The second-order valence-electron chi connectivity index (χ2n) is 8.75. The molecule has 5 heterocycles. The molecule has 0 aromatic carbocycles. The normalized spacial score (nSPS) is 12.5. The SMILES string of the molecule is COc1cnc(Cl)cc1-c1cc(C)ncc1C(=O)Nc1nc2c(s1)CN(C(=O)c1c(C)nn(C)c1C)C2. The molecule has 1 aliphatic heterocycles. The molecule has 2 amide bonds. The quantitative estimate of drug-likeness (QED) is 0.377. The second kappa shape index (κ2) is 9.56. The lowest BCUT2D eigenvalue weighted by molar-refractivity contribution is 0.0749. The third kappa shape index (κ3) is 4.56. The van der Waals surface area contributed by atoms with Crippen LogP contribution in [0.3, 0.4) is 0 Å². The van der Waals surface area contributed by atoms with Crippen LogP contribution in [-0.2, 0) is 20.1 Å². The van der Waals surface area contributed by atoms with Crippen LogP contribution < -0.4 is 10.1 Å². The van der Waals surface area contributed by atoms with E-state index >= 15 is 0 Å². The Balaban J connectivity index is 1.37. The van der Waals surface area contributed by atoms with Crippen molar-refractivity contribution in [3.05, 3.63) is 68.5 Å². The topological polar surface area (TPSA) is 115 Å². The van der Waals surface area contributed by atoms with Crippen molar-refractivity contribution in [2.24, 2.45) is 7.05 Å². The number of amides is 2. The Hall–Kier alpha value is -3.83. The van der Waals surface area contributed by atoms with E-state index in [-0.39, 0.29) is 17.0 Å². The third-order valence-corrected chi connectivity index (χ3v) is 7.52. The Morgan fingerprint density at radius 3 is 2.57 bits per heavy atom. The average molecular weight is 538 g/mol. The molecular formula is C25H24ClN7O3S. The van der Waals surface area contributed by atoms with Gasteiger partial charge < -0.3 is 9.64 Å². The van der Waals surface area contributed by atoms with Crippen molar-refractivity contribution >= 4 is 39.9 Å². The molecule has 1 aliphatic rings. The van der Waals surface area contributed by atoms with Gasteiger partial charge in [-0.3, -0.25) is 24.6 Å². The van der Waals surface area contributed by atoms with Crippen LogP contribution in [0.2, 0.25) is 5.15 Å². The van der Waals surface area contributed by atoms with Gasteiger partial charge >= 0.3 is 0 Å². The van der Waals surface area contributed by atoms with Crippen LogP contribution in [-0.4, -0.2) is 48.6 Å². The van der Waals surface area contributed by atoms with Crippen molar-refractivity contribution in [1.82, 2.24) is 29.6 Å². The van der Waals surface area contributed by atoms with Crippen LogP contribution in [0.25, 0.3) is 11.1 Å². The van der Waals surface area contributed by atoms with E-state index in [2.05, 4.69) is 25.4 Å². The van der Waals surface area contributed by atoms with Crippen LogP contribution >= 0.6 is 22.9 Å². The maximum absolute atomic E-state index is 13.3. The van der Waals surface area contributed by atoms with Crippen molar-refractivity contribution in [3.63, 3.8) is 0 Å². The highest BCUT2D eigenvalue weighted by Gasteiger charge is 2.31. The number of thiazole rings is 1. The molecule has 4 aromatic rings. The van der Waals surface area contributed by atoms with E-state index in [1.807, 2.05) is 27.8 Å². The lowest BCUT2D eigenvalue weighted by atomic mass is 10.0. The molecule has 0 unspecified atom stereocenters. The number of aromatic nitrogens is 5.